The van der Waals surface area contributed by atoms with Crippen LogP contribution < -0.4 is 0 Å². The lowest BCUT2D eigenvalue weighted by Gasteiger charge is -2.62. The summed E-state index contributed by atoms with van der Waals surface area (Å²) in [5, 5.41) is 32.7. The normalized spacial score (nSPS) is 64.0. The van der Waals surface area contributed by atoms with Crippen molar-refractivity contribution in [2.24, 2.45) is 52.3 Å². The molecule has 3 unspecified atom stereocenters. The van der Waals surface area contributed by atoms with Gasteiger partial charge in [-0.05, 0) is 85.4 Å². The number of hydrogen-bond donors (Lipinski definition) is 3. The Morgan fingerprint density at radius 3 is 2.34 bits per heavy atom. The van der Waals surface area contributed by atoms with Crippen LogP contribution in [-0.2, 0) is 9.47 Å². The summed E-state index contributed by atoms with van der Waals surface area (Å²) in [6, 6.07) is 0. The van der Waals surface area contributed by atoms with Crippen LogP contribution in [0.25, 0.3) is 0 Å². The van der Waals surface area contributed by atoms with Crippen LogP contribution in [0.1, 0.15) is 79.1 Å². The molecule has 14 atom stereocenters. The van der Waals surface area contributed by atoms with Crippen molar-refractivity contribution in [1.82, 2.24) is 0 Å². The van der Waals surface area contributed by atoms with E-state index in [2.05, 4.69) is 27.7 Å². The molecule has 0 aromatic carbocycles. The molecule has 32 heavy (non-hydrogen) atoms. The Morgan fingerprint density at radius 1 is 0.844 bits per heavy atom. The lowest BCUT2D eigenvalue weighted by molar-refractivity contribution is -0.282. The van der Waals surface area contributed by atoms with Crippen molar-refractivity contribution in [3.8, 4) is 0 Å². The molecule has 2 saturated heterocycles. The molecule has 2 aliphatic heterocycles. The van der Waals surface area contributed by atoms with Crippen LogP contribution in [0.2, 0.25) is 0 Å². The van der Waals surface area contributed by atoms with Gasteiger partial charge in [-0.3, -0.25) is 0 Å². The van der Waals surface area contributed by atoms with E-state index in [9.17, 15) is 15.3 Å². The Balaban J connectivity index is 1.30. The molecular weight excluding hydrogens is 404 g/mol. The zero-order valence-corrected chi connectivity index (χ0v) is 20.4. The molecule has 2 heterocycles. The Labute approximate surface area is 193 Å². The second-order valence-corrected chi connectivity index (χ2v) is 13.3. The number of aliphatic hydroxyl groups excluding tert-OH is 3. The van der Waals surface area contributed by atoms with E-state index in [4.69, 9.17) is 9.47 Å². The maximum Gasteiger partial charge on any atom is 0.171 e. The maximum atomic E-state index is 11.8. The Bertz CT molecular complexity index is 748. The lowest BCUT2D eigenvalue weighted by Crippen LogP contribution is -2.58. The van der Waals surface area contributed by atoms with Gasteiger partial charge in [0.25, 0.3) is 0 Å². The molecule has 1 spiro atoms. The molecule has 5 heteroatoms. The number of aliphatic hydroxyl groups is 3. The van der Waals surface area contributed by atoms with Crippen LogP contribution in [0.5, 0.6) is 0 Å². The summed E-state index contributed by atoms with van der Waals surface area (Å²) in [5.41, 5.74) is 0.146. The summed E-state index contributed by atoms with van der Waals surface area (Å²) in [6.45, 7) is 10.2. The first-order chi connectivity index (χ1) is 15.1. The van der Waals surface area contributed by atoms with Gasteiger partial charge < -0.3 is 24.8 Å². The summed E-state index contributed by atoms with van der Waals surface area (Å²) in [6.07, 6.45) is 6.33. The fourth-order valence-electron chi connectivity index (χ4n) is 10.3. The van der Waals surface area contributed by atoms with Crippen LogP contribution in [0.15, 0.2) is 0 Å². The fraction of sp³-hybridized carbons (Fsp3) is 1.00. The quantitative estimate of drug-likeness (QED) is 0.526. The first-order valence-electron chi connectivity index (χ1n) is 13.5. The minimum atomic E-state index is -0.606. The van der Waals surface area contributed by atoms with Gasteiger partial charge in [0, 0.05) is 18.3 Å². The van der Waals surface area contributed by atoms with E-state index in [0.717, 1.165) is 45.1 Å². The number of hydrogen-bond acceptors (Lipinski definition) is 5. The van der Waals surface area contributed by atoms with Crippen molar-refractivity contribution >= 4 is 0 Å². The van der Waals surface area contributed by atoms with E-state index in [1.807, 2.05) is 0 Å². The lowest BCUT2D eigenvalue weighted by atomic mass is 9.44. The molecule has 6 rings (SSSR count). The highest BCUT2D eigenvalue weighted by Gasteiger charge is 2.72. The van der Waals surface area contributed by atoms with Gasteiger partial charge in [-0.1, -0.05) is 27.7 Å². The first kappa shape index (κ1) is 22.3. The van der Waals surface area contributed by atoms with Gasteiger partial charge in [0.1, 0.15) is 0 Å². The van der Waals surface area contributed by atoms with Crippen molar-refractivity contribution in [3.05, 3.63) is 0 Å². The third kappa shape index (κ3) is 2.75. The Hall–Kier alpha value is -0.200. The zero-order valence-electron chi connectivity index (χ0n) is 20.4. The van der Waals surface area contributed by atoms with Crippen molar-refractivity contribution < 1.29 is 24.8 Å². The van der Waals surface area contributed by atoms with Gasteiger partial charge in [-0.2, -0.15) is 0 Å². The molecule has 6 aliphatic rings. The molecule has 0 radical (unpaired) electrons. The summed E-state index contributed by atoms with van der Waals surface area (Å²) in [4.78, 5) is 0. The van der Waals surface area contributed by atoms with E-state index in [1.54, 1.807) is 0 Å². The van der Waals surface area contributed by atoms with E-state index in [-0.39, 0.29) is 22.9 Å². The zero-order chi connectivity index (χ0) is 22.6. The monoisotopic (exact) mass is 448 g/mol. The Morgan fingerprint density at radius 2 is 1.62 bits per heavy atom. The van der Waals surface area contributed by atoms with Gasteiger partial charge in [-0.25, -0.2) is 0 Å². The van der Waals surface area contributed by atoms with Crippen molar-refractivity contribution in [2.45, 2.75) is 109 Å². The largest absolute Gasteiger partial charge is 0.390 e. The van der Waals surface area contributed by atoms with Gasteiger partial charge in [0.2, 0.25) is 0 Å². The molecule has 0 amide bonds. The highest BCUT2D eigenvalue weighted by molar-refractivity contribution is 5.18. The molecule has 0 bridgehead atoms. The second-order valence-electron chi connectivity index (χ2n) is 13.3. The predicted octanol–water partition coefficient (Wildman–Crippen LogP) is 3.74. The standard InChI is InChI=1S/C27H44O5/c1-14-7-10-27(31-13-14)15(2)21-24(32-27)23(30)22-17-6-5-16-11-19(28)20(29)12-26(16,4)18(17)8-9-25(21,22)3/h14-24,28-30H,5-13H2,1-4H3/t14-,15+,16+,17?,18?,19-,20-,21+,22?,23+,24-,25-,26+,27-/m1/s1. The first-order valence-corrected chi connectivity index (χ1v) is 13.5. The Kier molecular flexibility index (Phi) is 4.99. The number of fused-ring (bicyclic) bond motifs is 7. The summed E-state index contributed by atoms with van der Waals surface area (Å²) in [5.74, 6) is 2.49. The van der Waals surface area contributed by atoms with Gasteiger partial charge in [0.05, 0.1) is 31.0 Å². The minimum Gasteiger partial charge on any atom is -0.390 e. The smallest absolute Gasteiger partial charge is 0.171 e. The van der Waals surface area contributed by atoms with Gasteiger partial charge >= 0.3 is 0 Å². The third-order valence-electron chi connectivity index (χ3n) is 12.0. The van der Waals surface area contributed by atoms with Crippen LogP contribution in [0.4, 0.5) is 0 Å². The van der Waals surface area contributed by atoms with E-state index in [1.165, 1.54) is 6.42 Å². The average Bonchev–Trinajstić information content (AvgIpc) is 3.15. The fourth-order valence-corrected chi connectivity index (χ4v) is 10.3. The topological polar surface area (TPSA) is 79.2 Å². The molecule has 4 aliphatic carbocycles. The van der Waals surface area contributed by atoms with E-state index < -0.39 is 24.1 Å². The predicted molar refractivity (Wildman–Crippen MR) is 121 cm³/mol. The van der Waals surface area contributed by atoms with E-state index >= 15 is 0 Å². The highest BCUT2D eigenvalue weighted by Crippen LogP contribution is 2.71. The number of rotatable bonds is 0. The van der Waals surface area contributed by atoms with Crippen LogP contribution in [0, 0.1) is 52.3 Å². The van der Waals surface area contributed by atoms with Crippen LogP contribution >= 0.6 is 0 Å². The van der Waals surface area contributed by atoms with Crippen molar-refractivity contribution in [2.75, 3.05) is 6.61 Å². The third-order valence-corrected chi connectivity index (χ3v) is 12.0. The molecular formula is C27H44O5. The second kappa shape index (κ2) is 7.16. The number of ether oxygens (including phenoxy) is 2. The summed E-state index contributed by atoms with van der Waals surface area (Å²) in [7, 11) is 0. The van der Waals surface area contributed by atoms with Crippen molar-refractivity contribution in [3.63, 3.8) is 0 Å². The molecule has 3 N–H and O–H groups in total. The molecule has 4 saturated carbocycles. The summed E-state index contributed by atoms with van der Waals surface area (Å²) >= 11 is 0. The summed E-state index contributed by atoms with van der Waals surface area (Å²) < 4.78 is 13.1. The SMILES string of the molecule is C[C@@H]1CC[C@@]2(OC1)O[C@@H]1[C@H]([C@@H]2C)[C@@]2(C)CCC3C(CC[C@H]4C[C@@H](O)[C@H](O)C[C@]34C)C2[C@@H]1O. The average molecular weight is 449 g/mol. The van der Waals surface area contributed by atoms with Crippen molar-refractivity contribution in [1.29, 1.82) is 0 Å². The highest BCUT2D eigenvalue weighted by atomic mass is 16.7. The minimum absolute atomic E-state index is 0.0661. The van der Waals surface area contributed by atoms with Crippen LogP contribution in [-0.4, -0.2) is 52.1 Å². The van der Waals surface area contributed by atoms with Gasteiger partial charge in [-0.15, -0.1) is 0 Å². The van der Waals surface area contributed by atoms with Crippen LogP contribution in [0.3, 0.4) is 0 Å². The molecule has 0 aromatic rings. The molecule has 182 valence electrons. The molecule has 0 aromatic heterocycles. The maximum absolute atomic E-state index is 11.8. The molecule has 6 fully saturated rings. The van der Waals surface area contributed by atoms with Gasteiger partial charge in [0.15, 0.2) is 5.79 Å². The molecule has 5 nitrogen and oxygen atoms in total. The van der Waals surface area contributed by atoms with E-state index in [0.29, 0.717) is 41.9 Å².